The van der Waals surface area contributed by atoms with Gasteiger partial charge < -0.3 is 33.2 Å². The first-order valence-electron chi connectivity index (χ1n) is 15.7. The van der Waals surface area contributed by atoms with Crippen LogP contribution in [0, 0.1) is 5.92 Å². The van der Waals surface area contributed by atoms with E-state index in [0.717, 1.165) is 0 Å². The lowest BCUT2D eigenvalue weighted by atomic mass is 9.86. The van der Waals surface area contributed by atoms with Crippen LogP contribution in [0.2, 0.25) is 0 Å². The highest BCUT2D eigenvalue weighted by molar-refractivity contribution is 5.91. The van der Waals surface area contributed by atoms with Crippen LogP contribution in [0.25, 0.3) is 0 Å². The molecule has 11 heteroatoms. The van der Waals surface area contributed by atoms with Gasteiger partial charge in [0, 0.05) is 13.0 Å². The summed E-state index contributed by atoms with van der Waals surface area (Å²) in [5.74, 6) is -2.98. The summed E-state index contributed by atoms with van der Waals surface area (Å²) in [7, 11) is 0. The predicted octanol–water partition coefficient (Wildman–Crippen LogP) is 4.78. The maximum atomic E-state index is 13.5. The summed E-state index contributed by atoms with van der Waals surface area (Å²) in [5.41, 5.74) is 0.879. The standard InChI is InChI=1S/C36H38O11/c1-3-41-29-21-26(20-27(44-29)36(40)42-4-2)30-32(47-35(39)25-18-12-7-13-19-25)31(46-34(38)24-16-10-6-11-17-24)28(45-30)22-43-33(37)23-14-8-5-9-15-23/h5-19,26-32H,3-4,20-22H2,1-2H3/t26-,27-,28-,29-,30+,31-,32+/m1/s1. The second kappa shape index (κ2) is 16.3. The van der Waals surface area contributed by atoms with Gasteiger partial charge in [0.1, 0.15) is 18.8 Å². The van der Waals surface area contributed by atoms with Crippen LogP contribution in [0.1, 0.15) is 57.8 Å². The third-order valence-electron chi connectivity index (χ3n) is 7.93. The summed E-state index contributed by atoms with van der Waals surface area (Å²) >= 11 is 0. The molecule has 248 valence electrons. The summed E-state index contributed by atoms with van der Waals surface area (Å²) in [6.07, 6.45) is -5.57. The molecule has 0 radical (unpaired) electrons. The maximum Gasteiger partial charge on any atom is 0.338 e. The van der Waals surface area contributed by atoms with E-state index in [1.165, 1.54) is 0 Å². The lowest BCUT2D eigenvalue weighted by Crippen LogP contribution is -2.48. The van der Waals surface area contributed by atoms with Crippen LogP contribution in [-0.4, -0.2) is 80.5 Å². The van der Waals surface area contributed by atoms with Crippen molar-refractivity contribution >= 4 is 23.9 Å². The molecule has 0 spiro atoms. The Balaban J connectivity index is 1.48. The highest BCUT2D eigenvalue weighted by atomic mass is 16.7. The van der Waals surface area contributed by atoms with Crippen LogP contribution >= 0.6 is 0 Å². The minimum absolute atomic E-state index is 0.155. The Kier molecular flexibility index (Phi) is 11.7. The SMILES string of the molecule is CCOC(=O)[C@H]1C[C@@H]([C@@H]2O[C@H](COC(=O)c3ccccc3)[C@@H](OC(=O)c3ccccc3)[C@H]2OC(=O)c2ccccc2)C[C@H](OCC)O1. The fourth-order valence-electron chi connectivity index (χ4n) is 5.75. The van der Waals surface area contributed by atoms with Crippen molar-refractivity contribution in [1.29, 1.82) is 0 Å². The Bertz CT molecular complexity index is 1480. The van der Waals surface area contributed by atoms with Gasteiger partial charge in [0.05, 0.1) is 23.3 Å². The number of carbonyl (C=O) groups excluding carboxylic acids is 4. The zero-order chi connectivity index (χ0) is 33.2. The molecule has 2 aliphatic rings. The van der Waals surface area contributed by atoms with E-state index in [2.05, 4.69) is 0 Å². The molecule has 2 aliphatic heterocycles. The molecule has 0 amide bonds. The van der Waals surface area contributed by atoms with Gasteiger partial charge in [-0.2, -0.15) is 0 Å². The van der Waals surface area contributed by atoms with Gasteiger partial charge in [-0.1, -0.05) is 54.6 Å². The molecule has 2 heterocycles. The molecule has 0 unspecified atom stereocenters. The molecule has 0 bridgehead atoms. The quantitative estimate of drug-likeness (QED) is 0.199. The van der Waals surface area contributed by atoms with Crippen LogP contribution in [0.3, 0.4) is 0 Å². The molecule has 7 atom stereocenters. The van der Waals surface area contributed by atoms with Gasteiger partial charge in [-0.15, -0.1) is 0 Å². The topological polar surface area (TPSA) is 133 Å². The lowest BCUT2D eigenvalue weighted by molar-refractivity contribution is -0.226. The molecular weight excluding hydrogens is 608 g/mol. The first-order valence-corrected chi connectivity index (χ1v) is 15.7. The van der Waals surface area contributed by atoms with E-state index in [0.29, 0.717) is 12.2 Å². The number of ether oxygens (including phenoxy) is 7. The first kappa shape index (κ1) is 33.8. The molecule has 0 saturated carbocycles. The van der Waals surface area contributed by atoms with Crippen LogP contribution in [0.4, 0.5) is 0 Å². The largest absolute Gasteiger partial charge is 0.464 e. The predicted molar refractivity (Wildman–Crippen MR) is 166 cm³/mol. The third-order valence-corrected chi connectivity index (χ3v) is 7.93. The third kappa shape index (κ3) is 8.62. The molecule has 11 nitrogen and oxygen atoms in total. The van der Waals surface area contributed by atoms with Crippen LogP contribution in [-0.2, 0) is 38.0 Å². The summed E-state index contributed by atoms with van der Waals surface area (Å²) in [6, 6.07) is 25.2. The van der Waals surface area contributed by atoms with E-state index in [-0.39, 0.29) is 37.2 Å². The van der Waals surface area contributed by atoms with E-state index >= 15 is 0 Å². The van der Waals surface area contributed by atoms with Crippen molar-refractivity contribution in [3.05, 3.63) is 108 Å². The zero-order valence-electron chi connectivity index (χ0n) is 26.2. The van der Waals surface area contributed by atoms with E-state index in [9.17, 15) is 19.2 Å². The smallest absolute Gasteiger partial charge is 0.338 e. The Labute approximate surface area is 273 Å². The van der Waals surface area contributed by atoms with Gasteiger partial charge >= 0.3 is 23.9 Å². The lowest BCUT2D eigenvalue weighted by Gasteiger charge is -2.37. The van der Waals surface area contributed by atoms with Gasteiger partial charge in [-0.3, -0.25) is 0 Å². The normalized spacial score (nSPS) is 25.4. The number of carbonyl (C=O) groups is 4. The molecule has 0 N–H and O–H groups in total. The van der Waals surface area contributed by atoms with Crippen molar-refractivity contribution in [2.45, 2.75) is 63.5 Å². The summed E-state index contributed by atoms with van der Waals surface area (Å²) in [6.45, 7) is 3.67. The number of benzene rings is 3. The van der Waals surface area contributed by atoms with Crippen molar-refractivity contribution in [3.8, 4) is 0 Å². The average molecular weight is 647 g/mol. The van der Waals surface area contributed by atoms with Crippen molar-refractivity contribution in [2.24, 2.45) is 5.92 Å². The summed E-state index contributed by atoms with van der Waals surface area (Å²) < 4.78 is 41.2. The van der Waals surface area contributed by atoms with Gasteiger partial charge in [0.25, 0.3) is 0 Å². The van der Waals surface area contributed by atoms with E-state index in [1.807, 2.05) is 0 Å². The van der Waals surface area contributed by atoms with E-state index in [4.69, 9.17) is 33.2 Å². The average Bonchev–Trinajstić information content (AvgIpc) is 3.44. The minimum Gasteiger partial charge on any atom is -0.464 e. The second-order valence-electron chi connectivity index (χ2n) is 11.1. The molecule has 47 heavy (non-hydrogen) atoms. The molecule has 5 rings (SSSR count). The van der Waals surface area contributed by atoms with Crippen molar-refractivity contribution in [1.82, 2.24) is 0 Å². The molecule has 3 aromatic carbocycles. The highest BCUT2D eigenvalue weighted by Gasteiger charge is 2.54. The summed E-state index contributed by atoms with van der Waals surface area (Å²) in [5, 5.41) is 0. The van der Waals surface area contributed by atoms with E-state index in [1.54, 1.807) is 105 Å². The summed E-state index contributed by atoms with van der Waals surface area (Å²) in [4.78, 5) is 52.7. The van der Waals surface area contributed by atoms with Gasteiger partial charge in [0.15, 0.2) is 24.6 Å². The fourth-order valence-corrected chi connectivity index (χ4v) is 5.75. The Morgan fingerprint density at radius 2 is 1.17 bits per heavy atom. The minimum atomic E-state index is -1.18. The van der Waals surface area contributed by atoms with Crippen molar-refractivity contribution < 1.29 is 52.3 Å². The van der Waals surface area contributed by atoms with Gasteiger partial charge in [-0.05, 0) is 62.6 Å². The fraction of sp³-hybridized carbons (Fsp3) is 0.389. The number of hydrogen-bond donors (Lipinski definition) is 0. The maximum absolute atomic E-state index is 13.5. The second-order valence-corrected chi connectivity index (χ2v) is 11.1. The molecule has 3 aromatic rings. The number of hydrogen-bond acceptors (Lipinski definition) is 11. The van der Waals surface area contributed by atoms with Crippen LogP contribution in [0.15, 0.2) is 91.0 Å². The Morgan fingerprint density at radius 1 is 0.638 bits per heavy atom. The molecule has 2 saturated heterocycles. The van der Waals surface area contributed by atoms with Crippen LogP contribution in [0.5, 0.6) is 0 Å². The van der Waals surface area contributed by atoms with Gasteiger partial charge in [-0.25, -0.2) is 19.2 Å². The monoisotopic (exact) mass is 646 g/mol. The first-order chi connectivity index (χ1) is 22.9. The molecule has 0 aromatic heterocycles. The van der Waals surface area contributed by atoms with Crippen LogP contribution < -0.4 is 0 Å². The molecule has 0 aliphatic carbocycles. The van der Waals surface area contributed by atoms with Crippen molar-refractivity contribution in [3.63, 3.8) is 0 Å². The van der Waals surface area contributed by atoms with Crippen molar-refractivity contribution in [2.75, 3.05) is 19.8 Å². The highest BCUT2D eigenvalue weighted by Crippen LogP contribution is 2.39. The van der Waals surface area contributed by atoms with Gasteiger partial charge in [0.2, 0.25) is 0 Å². The van der Waals surface area contributed by atoms with E-state index < -0.39 is 66.6 Å². The Morgan fingerprint density at radius 3 is 1.70 bits per heavy atom. The number of esters is 4. The number of rotatable bonds is 12. The molecule has 2 fully saturated rings. The zero-order valence-corrected chi connectivity index (χ0v) is 26.2. The Hall–Kier alpha value is -4.58. The molecular formula is C36H38O11.